The lowest BCUT2D eigenvalue weighted by atomic mass is 10.2. The maximum atomic E-state index is 11.3. The molecule has 0 aromatic rings. The molecule has 14 heavy (non-hydrogen) atoms. The second-order valence-corrected chi connectivity index (χ2v) is 5.18. The summed E-state index contributed by atoms with van der Waals surface area (Å²) in [6.07, 6.45) is 8.33. The molecule has 2 nitrogen and oxygen atoms in total. The number of hydrogen-bond donors (Lipinski definition) is 1. The lowest BCUT2D eigenvalue weighted by molar-refractivity contribution is -0.121. The van der Waals surface area contributed by atoms with E-state index in [2.05, 4.69) is 27.9 Å². The van der Waals surface area contributed by atoms with Crippen molar-refractivity contribution in [3.8, 4) is 0 Å². The molecule has 1 aliphatic carbocycles. The molecule has 0 saturated heterocycles. The van der Waals surface area contributed by atoms with Gasteiger partial charge < -0.3 is 5.32 Å². The molecule has 0 spiro atoms. The highest BCUT2D eigenvalue weighted by Crippen LogP contribution is 2.31. The fourth-order valence-corrected chi connectivity index (χ4v) is 2.00. The summed E-state index contributed by atoms with van der Waals surface area (Å²) in [7, 11) is 0. The molecule has 1 N–H and O–H groups in total. The van der Waals surface area contributed by atoms with Crippen LogP contribution in [0.4, 0.5) is 0 Å². The lowest BCUT2D eigenvalue weighted by Crippen LogP contribution is -2.24. The van der Waals surface area contributed by atoms with Crippen LogP contribution in [0, 0.1) is 5.92 Å². The van der Waals surface area contributed by atoms with Crippen LogP contribution in [-0.2, 0) is 4.79 Å². The van der Waals surface area contributed by atoms with Crippen molar-refractivity contribution in [3.05, 3.63) is 0 Å². The zero-order chi connectivity index (χ0) is 10.2. The third-order valence-electron chi connectivity index (χ3n) is 2.55. The summed E-state index contributed by atoms with van der Waals surface area (Å²) < 4.78 is 1.26. The van der Waals surface area contributed by atoms with Crippen LogP contribution in [0.1, 0.15) is 44.9 Å². The first-order chi connectivity index (χ1) is 6.83. The van der Waals surface area contributed by atoms with Crippen molar-refractivity contribution >= 4 is 28.5 Å². The number of halogens is 1. The molecule has 1 saturated carbocycles. The van der Waals surface area contributed by atoms with E-state index in [4.69, 9.17) is 0 Å². The van der Waals surface area contributed by atoms with Gasteiger partial charge in [0.15, 0.2) is 0 Å². The molecule has 0 bridgehead atoms. The van der Waals surface area contributed by atoms with E-state index in [9.17, 15) is 4.79 Å². The fraction of sp³-hybridized carbons (Fsp3) is 0.909. The van der Waals surface area contributed by atoms with E-state index >= 15 is 0 Å². The van der Waals surface area contributed by atoms with Crippen molar-refractivity contribution in [1.82, 2.24) is 5.32 Å². The van der Waals surface area contributed by atoms with Crippen LogP contribution in [-0.4, -0.2) is 16.9 Å². The zero-order valence-corrected chi connectivity index (χ0v) is 10.9. The maximum Gasteiger partial charge on any atom is 0.220 e. The molecule has 0 heterocycles. The van der Waals surface area contributed by atoms with Crippen LogP contribution in [0.3, 0.4) is 0 Å². The van der Waals surface area contributed by atoms with Gasteiger partial charge in [-0.15, -0.1) is 0 Å². The maximum absolute atomic E-state index is 11.3. The predicted molar refractivity (Wildman–Crippen MR) is 67.7 cm³/mol. The van der Waals surface area contributed by atoms with Crippen LogP contribution >= 0.6 is 22.6 Å². The van der Waals surface area contributed by atoms with E-state index in [-0.39, 0.29) is 5.91 Å². The van der Waals surface area contributed by atoms with Crippen molar-refractivity contribution in [1.29, 1.82) is 0 Å². The third-order valence-corrected chi connectivity index (χ3v) is 3.32. The summed E-state index contributed by atoms with van der Waals surface area (Å²) in [5.74, 6) is 0.982. The number of hydrogen-bond acceptors (Lipinski definition) is 1. The molecule has 1 fully saturated rings. The Bertz CT molecular complexity index is 169. The molecule has 0 radical (unpaired) electrons. The van der Waals surface area contributed by atoms with Crippen molar-refractivity contribution in [2.75, 3.05) is 11.0 Å². The Balaban J connectivity index is 1.80. The monoisotopic (exact) mass is 309 g/mol. The Kier molecular flexibility index (Phi) is 6.56. The topological polar surface area (TPSA) is 29.1 Å². The number of rotatable bonds is 8. The molecule has 1 rings (SSSR count). The van der Waals surface area contributed by atoms with Gasteiger partial charge in [-0.25, -0.2) is 0 Å². The Morgan fingerprint density at radius 2 is 1.93 bits per heavy atom. The predicted octanol–water partition coefficient (Wildman–Crippen LogP) is 2.90. The van der Waals surface area contributed by atoms with Crippen molar-refractivity contribution in [2.24, 2.45) is 5.92 Å². The first kappa shape index (κ1) is 12.3. The lowest BCUT2D eigenvalue weighted by Gasteiger charge is -2.03. The number of carbonyl (C=O) groups excluding carboxylic acids is 1. The van der Waals surface area contributed by atoms with E-state index < -0.39 is 0 Å². The van der Waals surface area contributed by atoms with Crippen molar-refractivity contribution in [2.45, 2.75) is 44.9 Å². The molecule has 82 valence electrons. The van der Waals surface area contributed by atoms with Crippen molar-refractivity contribution < 1.29 is 4.79 Å². The first-order valence-electron chi connectivity index (χ1n) is 5.65. The average Bonchev–Trinajstić information content (AvgIpc) is 2.95. The summed E-state index contributed by atoms with van der Waals surface area (Å²) >= 11 is 2.41. The zero-order valence-electron chi connectivity index (χ0n) is 8.73. The highest BCUT2D eigenvalue weighted by atomic mass is 127. The second-order valence-electron chi connectivity index (χ2n) is 4.10. The van der Waals surface area contributed by atoms with E-state index in [1.165, 1.54) is 36.5 Å². The highest BCUT2D eigenvalue weighted by molar-refractivity contribution is 14.1. The molecule has 0 aliphatic heterocycles. The van der Waals surface area contributed by atoms with Gasteiger partial charge in [-0.2, -0.15) is 0 Å². The molecule has 0 aromatic carbocycles. The van der Waals surface area contributed by atoms with Gasteiger partial charge >= 0.3 is 0 Å². The van der Waals surface area contributed by atoms with Crippen LogP contribution in [0.25, 0.3) is 0 Å². The second kappa shape index (κ2) is 7.49. The minimum absolute atomic E-state index is 0.265. The van der Waals surface area contributed by atoms with Gasteiger partial charge in [0.05, 0.1) is 0 Å². The molecule has 1 aliphatic rings. The quantitative estimate of drug-likeness (QED) is 0.417. The third kappa shape index (κ3) is 6.62. The minimum atomic E-state index is 0.265. The van der Waals surface area contributed by atoms with Crippen LogP contribution in [0.5, 0.6) is 0 Å². The van der Waals surface area contributed by atoms with Gasteiger partial charge in [-0.1, -0.05) is 35.4 Å². The summed E-state index contributed by atoms with van der Waals surface area (Å²) in [5, 5.41) is 2.99. The number of carbonyl (C=O) groups is 1. The van der Waals surface area contributed by atoms with Gasteiger partial charge in [0, 0.05) is 13.0 Å². The van der Waals surface area contributed by atoms with Crippen LogP contribution in [0.2, 0.25) is 0 Å². The Morgan fingerprint density at radius 3 is 2.57 bits per heavy atom. The van der Waals surface area contributed by atoms with E-state index in [1.54, 1.807) is 0 Å². The molecule has 1 amide bonds. The Hall–Kier alpha value is 0.200. The number of unbranched alkanes of at least 4 members (excludes halogenated alkanes) is 3. The molecular formula is C11H20INO. The Morgan fingerprint density at radius 1 is 1.21 bits per heavy atom. The fourth-order valence-electron chi connectivity index (χ4n) is 1.46. The van der Waals surface area contributed by atoms with Gasteiger partial charge in [0.2, 0.25) is 5.91 Å². The number of alkyl halides is 1. The molecule has 0 aromatic heterocycles. The van der Waals surface area contributed by atoms with Gasteiger partial charge in [0.1, 0.15) is 0 Å². The molecule has 3 heteroatoms. The largest absolute Gasteiger partial charge is 0.356 e. The summed E-state index contributed by atoms with van der Waals surface area (Å²) in [6, 6.07) is 0. The van der Waals surface area contributed by atoms with E-state index in [0.29, 0.717) is 5.92 Å². The van der Waals surface area contributed by atoms with Crippen LogP contribution in [0.15, 0.2) is 0 Å². The first-order valence-corrected chi connectivity index (χ1v) is 7.18. The standard InChI is InChI=1S/C11H20INO/c12-7-3-1-2-4-8-13-11(14)9-10-5-6-10/h10H,1-9H2,(H,13,14). The molecule has 0 atom stereocenters. The summed E-state index contributed by atoms with van der Waals surface area (Å²) in [4.78, 5) is 11.3. The number of nitrogens with one attached hydrogen (secondary N) is 1. The number of amides is 1. The summed E-state index contributed by atoms with van der Waals surface area (Å²) in [6.45, 7) is 0.882. The van der Waals surface area contributed by atoms with E-state index in [1.807, 2.05) is 0 Å². The SMILES string of the molecule is O=C(CC1CC1)NCCCCCCI. The molecule has 0 unspecified atom stereocenters. The normalized spacial score (nSPS) is 15.5. The Labute approximate surface area is 100 Å². The van der Waals surface area contributed by atoms with Gasteiger partial charge in [-0.3, -0.25) is 4.79 Å². The summed E-state index contributed by atoms with van der Waals surface area (Å²) in [5.41, 5.74) is 0. The van der Waals surface area contributed by atoms with Gasteiger partial charge in [0.25, 0.3) is 0 Å². The van der Waals surface area contributed by atoms with Gasteiger partial charge in [-0.05, 0) is 36.0 Å². The minimum Gasteiger partial charge on any atom is -0.356 e. The van der Waals surface area contributed by atoms with Crippen LogP contribution < -0.4 is 5.32 Å². The average molecular weight is 309 g/mol. The van der Waals surface area contributed by atoms with E-state index in [0.717, 1.165) is 19.4 Å². The highest BCUT2D eigenvalue weighted by Gasteiger charge is 2.23. The smallest absolute Gasteiger partial charge is 0.220 e. The molecular weight excluding hydrogens is 289 g/mol. The van der Waals surface area contributed by atoms with Crippen molar-refractivity contribution in [3.63, 3.8) is 0 Å².